The Morgan fingerprint density at radius 2 is 2.14 bits per heavy atom. The van der Waals surface area contributed by atoms with Crippen molar-refractivity contribution < 1.29 is 34.4 Å². The highest BCUT2D eigenvalue weighted by Gasteiger charge is 2.43. The van der Waals surface area contributed by atoms with Crippen LogP contribution < -0.4 is 10.2 Å². The topological polar surface area (TPSA) is 119 Å². The van der Waals surface area contributed by atoms with E-state index in [-0.39, 0.29) is 6.61 Å². The number of hydrogen-bond donors (Lipinski definition) is 1. The lowest BCUT2D eigenvalue weighted by molar-refractivity contribution is -0.355. The lowest BCUT2D eigenvalue weighted by Crippen LogP contribution is -2.52. The zero-order chi connectivity index (χ0) is 10.8. The van der Waals surface area contributed by atoms with Gasteiger partial charge in [0.25, 0.3) is 0 Å². The van der Waals surface area contributed by atoms with E-state index in [0.717, 1.165) is 0 Å². The van der Waals surface area contributed by atoms with Crippen LogP contribution >= 0.6 is 0 Å². The van der Waals surface area contributed by atoms with Crippen molar-refractivity contribution in [1.29, 1.82) is 0 Å². The molecule has 1 fully saturated rings. The third kappa shape index (κ3) is 2.00. The number of carbonyl (C=O) groups excluding carboxylic acids is 2. The summed E-state index contributed by atoms with van der Waals surface area (Å²) >= 11 is 0. The molecule has 0 spiro atoms. The standard InChI is InChI=1S/C7H10O7/c8-2-4-3-13-7(14-4,6(11)12)1-5(9)10/h4,8H,1-3H2,(H,9,10)(H,11,12)/p-2/t4-,7-/m0/s1. The monoisotopic (exact) mass is 204 g/mol. The molecule has 1 N–H and O–H groups in total. The highest BCUT2D eigenvalue weighted by atomic mass is 16.8. The van der Waals surface area contributed by atoms with E-state index in [0.29, 0.717) is 0 Å². The summed E-state index contributed by atoms with van der Waals surface area (Å²) in [6.45, 7) is -0.653. The van der Waals surface area contributed by atoms with Crippen molar-refractivity contribution in [2.24, 2.45) is 0 Å². The van der Waals surface area contributed by atoms with Gasteiger partial charge in [-0.1, -0.05) is 0 Å². The third-order valence-corrected chi connectivity index (χ3v) is 1.75. The fourth-order valence-electron chi connectivity index (χ4n) is 1.12. The van der Waals surface area contributed by atoms with E-state index < -0.39 is 36.9 Å². The van der Waals surface area contributed by atoms with Crippen molar-refractivity contribution >= 4 is 11.9 Å². The molecule has 0 saturated carbocycles. The molecule has 1 aliphatic rings. The van der Waals surface area contributed by atoms with Gasteiger partial charge in [-0.3, -0.25) is 0 Å². The van der Waals surface area contributed by atoms with Crippen LogP contribution in [0.4, 0.5) is 0 Å². The summed E-state index contributed by atoms with van der Waals surface area (Å²) in [5.74, 6) is -5.75. The summed E-state index contributed by atoms with van der Waals surface area (Å²) in [5.41, 5.74) is 0. The molecule has 0 radical (unpaired) electrons. The first-order chi connectivity index (χ1) is 6.50. The van der Waals surface area contributed by atoms with Gasteiger partial charge in [-0.25, -0.2) is 0 Å². The van der Waals surface area contributed by atoms with Crippen LogP contribution in [0.2, 0.25) is 0 Å². The van der Waals surface area contributed by atoms with E-state index in [1.54, 1.807) is 0 Å². The minimum absolute atomic E-state index is 0.197. The largest absolute Gasteiger partial charge is 0.550 e. The summed E-state index contributed by atoms with van der Waals surface area (Å²) in [6.07, 6.45) is -1.82. The molecule has 80 valence electrons. The molecule has 2 atom stereocenters. The average Bonchev–Trinajstić information content (AvgIpc) is 2.48. The van der Waals surface area contributed by atoms with Crippen LogP contribution in [0.1, 0.15) is 6.42 Å². The maximum absolute atomic E-state index is 10.6. The SMILES string of the molecule is O=C([O-])C[C@]1(C(=O)[O-])OC[C@H](CO)O1. The molecule has 1 heterocycles. The molecule has 1 saturated heterocycles. The number of carboxylic acid groups (broad SMARTS) is 2. The minimum Gasteiger partial charge on any atom is -0.550 e. The molecule has 0 aromatic rings. The Hall–Kier alpha value is -1.18. The van der Waals surface area contributed by atoms with Crippen LogP contribution in [0.25, 0.3) is 0 Å². The molecule has 0 aromatic carbocycles. The molecule has 0 aromatic heterocycles. The van der Waals surface area contributed by atoms with Gasteiger partial charge in [0.1, 0.15) is 12.1 Å². The van der Waals surface area contributed by atoms with Crippen LogP contribution in [0.5, 0.6) is 0 Å². The molecular weight excluding hydrogens is 196 g/mol. The fraction of sp³-hybridized carbons (Fsp3) is 0.714. The van der Waals surface area contributed by atoms with Crippen molar-refractivity contribution in [3.63, 3.8) is 0 Å². The predicted molar refractivity (Wildman–Crippen MR) is 35.3 cm³/mol. The van der Waals surface area contributed by atoms with Gasteiger partial charge in [-0.05, 0) is 0 Å². The maximum Gasteiger partial charge on any atom is 0.215 e. The van der Waals surface area contributed by atoms with Gasteiger partial charge in [-0.2, -0.15) is 0 Å². The average molecular weight is 204 g/mol. The molecule has 1 aliphatic heterocycles. The maximum atomic E-state index is 10.6. The molecule has 7 heteroatoms. The van der Waals surface area contributed by atoms with Crippen molar-refractivity contribution in [2.45, 2.75) is 18.3 Å². The second-order valence-corrected chi connectivity index (χ2v) is 2.82. The van der Waals surface area contributed by atoms with Gasteiger partial charge < -0.3 is 34.4 Å². The van der Waals surface area contributed by atoms with E-state index >= 15 is 0 Å². The number of carboxylic acids is 2. The number of aliphatic hydroxyl groups is 1. The molecule has 14 heavy (non-hydrogen) atoms. The Labute approximate surface area is 78.9 Å². The summed E-state index contributed by atoms with van der Waals surface area (Å²) in [5, 5.41) is 29.5. The van der Waals surface area contributed by atoms with Crippen molar-refractivity contribution in [3.8, 4) is 0 Å². The van der Waals surface area contributed by atoms with Gasteiger partial charge in [0.2, 0.25) is 5.79 Å². The number of hydrogen-bond acceptors (Lipinski definition) is 7. The molecule has 0 bridgehead atoms. The number of rotatable bonds is 4. The Morgan fingerprint density at radius 1 is 1.50 bits per heavy atom. The lowest BCUT2D eigenvalue weighted by atomic mass is 10.2. The number of carbonyl (C=O) groups is 2. The quantitative estimate of drug-likeness (QED) is 0.495. The van der Waals surface area contributed by atoms with E-state index in [1.807, 2.05) is 0 Å². The van der Waals surface area contributed by atoms with Crippen molar-refractivity contribution in [1.82, 2.24) is 0 Å². The zero-order valence-electron chi connectivity index (χ0n) is 7.10. The van der Waals surface area contributed by atoms with Gasteiger partial charge in [0.05, 0.1) is 13.2 Å². The molecule has 7 nitrogen and oxygen atoms in total. The Morgan fingerprint density at radius 3 is 2.50 bits per heavy atom. The molecule has 0 unspecified atom stereocenters. The summed E-state index contributed by atoms with van der Waals surface area (Å²) in [6, 6.07) is 0. The smallest absolute Gasteiger partial charge is 0.215 e. The molecular formula is C7H8O7-2. The normalized spacial score (nSPS) is 31.6. The van der Waals surface area contributed by atoms with Crippen molar-refractivity contribution in [2.75, 3.05) is 13.2 Å². The van der Waals surface area contributed by atoms with Crippen LogP contribution in [0.3, 0.4) is 0 Å². The molecule has 1 rings (SSSR count). The van der Waals surface area contributed by atoms with E-state index in [9.17, 15) is 19.8 Å². The van der Waals surface area contributed by atoms with Crippen LogP contribution in [0.15, 0.2) is 0 Å². The van der Waals surface area contributed by atoms with Gasteiger partial charge in [0.15, 0.2) is 0 Å². The summed E-state index contributed by atoms with van der Waals surface area (Å²) in [7, 11) is 0. The predicted octanol–water partition coefficient (Wildman–Crippen LogP) is -4.02. The first kappa shape index (κ1) is 10.9. The van der Waals surface area contributed by atoms with E-state index in [2.05, 4.69) is 4.74 Å². The highest BCUT2D eigenvalue weighted by molar-refractivity contribution is 5.80. The Kier molecular flexibility index (Phi) is 3.04. The number of ether oxygens (including phenoxy) is 2. The van der Waals surface area contributed by atoms with E-state index in [1.165, 1.54) is 0 Å². The second kappa shape index (κ2) is 3.91. The lowest BCUT2D eigenvalue weighted by Gasteiger charge is -2.28. The Bertz CT molecular complexity index is 250. The summed E-state index contributed by atoms with van der Waals surface area (Å²) in [4.78, 5) is 20.8. The first-order valence-electron chi connectivity index (χ1n) is 3.84. The second-order valence-electron chi connectivity index (χ2n) is 2.82. The highest BCUT2D eigenvalue weighted by Crippen LogP contribution is 2.26. The number of aliphatic hydroxyl groups excluding tert-OH is 1. The fourth-order valence-corrected chi connectivity index (χ4v) is 1.12. The molecule has 0 amide bonds. The minimum atomic E-state index is -2.33. The zero-order valence-corrected chi connectivity index (χ0v) is 7.10. The van der Waals surface area contributed by atoms with Gasteiger partial charge in [0, 0.05) is 12.4 Å². The van der Waals surface area contributed by atoms with E-state index in [4.69, 9.17) is 9.84 Å². The van der Waals surface area contributed by atoms with Crippen LogP contribution in [-0.4, -0.2) is 42.1 Å². The van der Waals surface area contributed by atoms with Crippen LogP contribution in [0, 0.1) is 0 Å². The first-order valence-corrected chi connectivity index (χ1v) is 3.84. The van der Waals surface area contributed by atoms with Crippen LogP contribution in [-0.2, 0) is 19.1 Å². The van der Waals surface area contributed by atoms with Gasteiger partial charge >= 0.3 is 0 Å². The number of aliphatic carboxylic acids is 2. The third-order valence-electron chi connectivity index (χ3n) is 1.75. The van der Waals surface area contributed by atoms with Crippen molar-refractivity contribution in [3.05, 3.63) is 0 Å². The molecule has 0 aliphatic carbocycles. The summed E-state index contributed by atoms with van der Waals surface area (Å²) < 4.78 is 9.37. The van der Waals surface area contributed by atoms with Gasteiger partial charge in [-0.15, -0.1) is 0 Å². The Balaban J connectivity index is 2.75.